The summed E-state index contributed by atoms with van der Waals surface area (Å²) in [6, 6.07) is 12.1. The summed E-state index contributed by atoms with van der Waals surface area (Å²) >= 11 is 0. The molecule has 3 rings (SSSR count). The molecule has 0 aromatic heterocycles. The van der Waals surface area contributed by atoms with Gasteiger partial charge < -0.3 is 5.73 Å². The molecule has 2 N–H and O–H groups in total. The summed E-state index contributed by atoms with van der Waals surface area (Å²) in [5.41, 5.74) is 11.5. The average Bonchev–Trinajstić information content (AvgIpc) is 2.36. The molecule has 2 aromatic rings. The van der Waals surface area contributed by atoms with Crippen molar-refractivity contribution in [3.63, 3.8) is 0 Å². The zero-order valence-electron chi connectivity index (χ0n) is 11.3. The summed E-state index contributed by atoms with van der Waals surface area (Å²) in [5, 5.41) is 0. The average molecular weight is 255 g/mol. The maximum Gasteiger partial charge on any atom is 0.129 e. The molecule has 1 aliphatic carbocycles. The molecular formula is C17H18FN. The Labute approximate surface area is 113 Å². The second-order valence-corrected chi connectivity index (χ2v) is 5.50. The van der Waals surface area contributed by atoms with Gasteiger partial charge >= 0.3 is 0 Å². The predicted molar refractivity (Wildman–Crippen MR) is 75.7 cm³/mol. The summed E-state index contributed by atoms with van der Waals surface area (Å²) in [7, 11) is 0. The minimum Gasteiger partial charge on any atom is -0.323 e. The van der Waals surface area contributed by atoms with Gasteiger partial charge in [-0.25, -0.2) is 4.39 Å². The molecule has 2 aromatic carbocycles. The first-order chi connectivity index (χ1) is 9.08. The van der Waals surface area contributed by atoms with Gasteiger partial charge in [0.15, 0.2) is 0 Å². The first-order valence-corrected chi connectivity index (χ1v) is 6.68. The van der Waals surface area contributed by atoms with Crippen LogP contribution in [0.1, 0.15) is 39.8 Å². The van der Waals surface area contributed by atoms with Crippen molar-refractivity contribution in [1.82, 2.24) is 0 Å². The van der Waals surface area contributed by atoms with Gasteiger partial charge in [-0.15, -0.1) is 0 Å². The van der Waals surface area contributed by atoms with Crippen LogP contribution in [0.15, 0.2) is 36.4 Å². The van der Waals surface area contributed by atoms with E-state index in [4.69, 9.17) is 5.73 Å². The molecule has 0 saturated carbocycles. The van der Waals surface area contributed by atoms with Crippen molar-refractivity contribution in [2.24, 2.45) is 5.73 Å². The topological polar surface area (TPSA) is 26.0 Å². The highest BCUT2D eigenvalue weighted by molar-refractivity contribution is 5.44. The molecule has 2 heteroatoms. The Morgan fingerprint density at radius 1 is 1.16 bits per heavy atom. The lowest BCUT2D eigenvalue weighted by molar-refractivity contribution is 0.498. The number of rotatable bonds is 2. The number of aryl methyl sites for hydroxylation is 2. The van der Waals surface area contributed by atoms with Crippen LogP contribution in [0.5, 0.6) is 0 Å². The highest BCUT2D eigenvalue weighted by Gasteiger charge is 2.31. The normalized spacial score (nSPS) is 18.6. The lowest BCUT2D eigenvalue weighted by atomic mass is 9.72. The third kappa shape index (κ3) is 1.96. The monoisotopic (exact) mass is 255 g/mol. The van der Waals surface area contributed by atoms with Gasteiger partial charge in [-0.05, 0) is 48.1 Å². The van der Waals surface area contributed by atoms with Crippen LogP contribution in [0.2, 0.25) is 0 Å². The summed E-state index contributed by atoms with van der Waals surface area (Å²) in [5.74, 6) is 0.241. The minimum atomic E-state index is -0.120. The molecule has 0 aliphatic heterocycles. The van der Waals surface area contributed by atoms with Crippen molar-refractivity contribution >= 4 is 0 Å². The van der Waals surface area contributed by atoms with E-state index in [0.29, 0.717) is 17.0 Å². The van der Waals surface area contributed by atoms with Gasteiger partial charge in [0.2, 0.25) is 0 Å². The van der Waals surface area contributed by atoms with Crippen molar-refractivity contribution < 1.29 is 4.39 Å². The van der Waals surface area contributed by atoms with Gasteiger partial charge in [0.1, 0.15) is 5.82 Å². The summed E-state index contributed by atoms with van der Waals surface area (Å²) in [6.07, 6.45) is 1.02. The first kappa shape index (κ1) is 12.4. The Bertz CT molecular complexity index is 610. The summed E-state index contributed by atoms with van der Waals surface area (Å²) < 4.78 is 13.7. The quantitative estimate of drug-likeness (QED) is 0.868. The fourth-order valence-corrected chi connectivity index (χ4v) is 3.02. The smallest absolute Gasteiger partial charge is 0.129 e. The fourth-order valence-electron chi connectivity index (χ4n) is 3.02. The van der Waals surface area contributed by atoms with Crippen molar-refractivity contribution in [3.8, 4) is 0 Å². The van der Waals surface area contributed by atoms with E-state index in [2.05, 4.69) is 24.3 Å². The molecule has 0 amide bonds. The van der Waals surface area contributed by atoms with Crippen molar-refractivity contribution in [2.75, 3.05) is 0 Å². The van der Waals surface area contributed by atoms with Gasteiger partial charge in [0.25, 0.3) is 0 Å². The number of benzene rings is 2. The number of hydrogen-bond acceptors (Lipinski definition) is 1. The largest absolute Gasteiger partial charge is 0.323 e. The Kier molecular flexibility index (Phi) is 2.90. The zero-order chi connectivity index (χ0) is 13.6. The van der Waals surface area contributed by atoms with Crippen LogP contribution < -0.4 is 5.73 Å². The van der Waals surface area contributed by atoms with E-state index in [1.807, 2.05) is 12.1 Å². The molecule has 0 heterocycles. The van der Waals surface area contributed by atoms with Gasteiger partial charge in [-0.2, -0.15) is 0 Å². The molecule has 98 valence electrons. The van der Waals surface area contributed by atoms with E-state index in [9.17, 15) is 4.39 Å². The molecule has 1 nitrogen and oxygen atoms in total. The van der Waals surface area contributed by atoms with Crippen LogP contribution in [-0.2, 0) is 6.42 Å². The molecule has 0 radical (unpaired) electrons. The van der Waals surface area contributed by atoms with E-state index in [1.165, 1.54) is 11.1 Å². The number of halogens is 1. The Balaban J connectivity index is 1.92. The number of hydrogen-bond donors (Lipinski definition) is 1. The third-order valence-corrected chi connectivity index (χ3v) is 4.17. The molecule has 1 aliphatic rings. The molecule has 19 heavy (non-hydrogen) atoms. The van der Waals surface area contributed by atoms with Crippen LogP contribution in [0.4, 0.5) is 4.39 Å². The summed E-state index contributed by atoms with van der Waals surface area (Å²) in [4.78, 5) is 0. The molecule has 0 saturated heterocycles. The van der Waals surface area contributed by atoms with Crippen LogP contribution >= 0.6 is 0 Å². The van der Waals surface area contributed by atoms with Crippen molar-refractivity contribution in [2.45, 2.75) is 32.2 Å². The SMILES string of the molecule is Cc1cc(C(N)C2Cc3ccccc32)cc(C)c1F. The molecule has 2 atom stereocenters. The highest BCUT2D eigenvalue weighted by atomic mass is 19.1. The molecule has 2 unspecified atom stereocenters. The third-order valence-electron chi connectivity index (χ3n) is 4.17. The van der Waals surface area contributed by atoms with Gasteiger partial charge in [0, 0.05) is 12.0 Å². The molecule has 0 spiro atoms. The van der Waals surface area contributed by atoms with Crippen molar-refractivity contribution in [3.05, 3.63) is 70.0 Å². The van der Waals surface area contributed by atoms with Crippen LogP contribution in [0, 0.1) is 19.7 Å². The van der Waals surface area contributed by atoms with E-state index < -0.39 is 0 Å². The fraction of sp³-hybridized carbons (Fsp3) is 0.294. The van der Waals surface area contributed by atoms with E-state index in [1.54, 1.807) is 13.8 Å². The lowest BCUT2D eigenvalue weighted by Gasteiger charge is -2.35. The van der Waals surface area contributed by atoms with Crippen LogP contribution in [0.3, 0.4) is 0 Å². The standard InChI is InChI=1S/C17H18FN/c1-10-7-13(8-11(2)16(10)18)17(19)15-9-12-5-3-4-6-14(12)15/h3-8,15,17H,9,19H2,1-2H3. The minimum absolute atomic E-state index is 0.0482. The number of nitrogens with two attached hydrogens (primary N) is 1. The van der Waals surface area contributed by atoms with Crippen LogP contribution in [0.25, 0.3) is 0 Å². The Morgan fingerprint density at radius 3 is 2.42 bits per heavy atom. The lowest BCUT2D eigenvalue weighted by Crippen LogP contribution is -2.29. The van der Waals surface area contributed by atoms with Crippen LogP contribution in [-0.4, -0.2) is 0 Å². The molecule has 0 fully saturated rings. The maximum atomic E-state index is 13.7. The van der Waals surface area contributed by atoms with Gasteiger partial charge in [0.05, 0.1) is 0 Å². The van der Waals surface area contributed by atoms with E-state index in [-0.39, 0.29) is 11.9 Å². The molecule has 0 bridgehead atoms. The molecular weight excluding hydrogens is 237 g/mol. The predicted octanol–water partition coefficient (Wildman–Crippen LogP) is 3.78. The second kappa shape index (κ2) is 4.46. The maximum absolute atomic E-state index is 13.7. The first-order valence-electron chi connectivity index (χ1n) is 6.68. The zero-order valence-corrected chi connectivity index (χ0v) is 11.3. The van der Waals surface area contributed by atoms with Gasteiger partial charge in [-0.1, -0.05) is 36.4 Å². The summed E-state index contributed by atoms with van der Waals surface area (Å²) in [6.45, 7) is 3.60. The van der Waals surface area contributed by atoms with Gasteiger partial charge in [-0.3, -0.25) is 0 Å². The Hall–Kier alpha value is -1.67. The highest BCUT2D eigenvalue weighted by Crippen LogP contribution is 2.42. The van der Waals surface area contributed by atoms with E-state index in [0.717, 1.165) is 12.0 Å². The van der Waals surface area contributed by atoms with Crippen molar-refractivity contribution in [1.29, 1.82) is 0 Å². The van der Waals surface area contributed by atoms with E-state index >= 15 is 0 Å². The number of fused-ring (bicyclic) bond motifs is 1. The Morgan fingerprint density at radius 2 is 1.79 bits per heavy atom. The second-order valence-electron chi connectivity index (χ2n) is 5.50.